The van der Waals surface area contributed by atoms with Gasteiger partial charge >= 0.3 is 12.1 Å². The molecule has 0 amide bonds. The number of ether oxygens (including phenoxy) is 1. The molecule has 2 aliphatic carbocycles. The van der Waals surface area contributed by atoms with Crippen molar-refractivity contribution in [3.8, 4) is 0 Å². The molecule has 0 heterocycles. The van der Waals surface area contributed by atoms with Crippen LogP contribution in [-0.4, -0.2) is 16.7 Å². The molecule has 0 unspecified atom stereocenters. The normalized spacial score (nSPS) is 27.8. The number of carboxylic acid groups (broad SMARTS) is 1. The van der Waals surface area contributed by atoms with E-state index >= 15 is 0 Å². The van der Waals surface area contributed by atoms with Crippen LogP contribution in [-0.2, 0) is 22.3 Å². The van der Waals surface area contributed by atoms with Crippen LogP contribution in [0.25, 0.3) is 0 Å². The fraction of sp³-hybridized carbons (Fsp3) is 0.632. The zero-order valence-corrected chi connectivity index (χ0v) is 14.4. The summed E-state index contributed by atoms with van der Waals surface area (Å²) in [6.45, 7) is -0.0496. The molecule has 0 spiro atoms. The van der Waals surface area contributed by atoms with Crippen LogP contribution in [0.2, 0.25) is 0 Å². The van der Waals surface area contributed by atoms with Crippen LogP contribution in [0.3, 0.4) is 0 Å². The Hall–Kier alpha value is -1.63. The van der Waals surface area contributed by atoms with Gasteiger partial charge in [-0.1, -0.05) is 0 Å². The monoisotopic (exact) mass is 374 g/mol. The average Bonchev–Trinajstić information content (AvgIpc) is 3.08. The lowest BCUT2D eigenvalue weighted by molar-refractivity contribution is -0.138. The van der Waals surface area contributed by atoms with Crippen molar-refractivity contribution in [3.63, 3.8) is 0 Å². The molecule has 1 aromatic carbocycles. The first-order valence-corrected chi connectivity index (χ1v) is 8.84. The first kappa shape index (κ1) is 19.1. The minimum absolute atomic E-state index is 0.0496. The molecule has 2 fully saturated rings. The van der Waals surface area contributed by atoms with Crippen molar-refractivity contribution < 1.29 is 32.2 Å². The second-order valence-corrected chi connectivity index (χ2v) is 7.74. The molecular weight excluding hydrogens is 352 g/mol. The maximum absolute atomic E-state index is 13.5. The summed E-state index contributed by atoms with van der Waals surface area (Å²) >= 11 is 0. The molecule has 7 heteroatoms. The third-order valence-electron chi connectivity index (χ3n) is 5.85. The number of alkyl halides is 3. The number of benzene rings is 1. The van der Waals surface area contributed by atoms with Gasteiger partial charge in [-0.05, 0) is 74.1 Å². The molecule has 2 saturated carbocycles. The van der Waals surface area contributed by atoms with E-state index in [0.717, 1.165) is 50.7 Å². The van der Waals surface area contributed by atoms with E-state index in [1.54, 1.807) is 0 Å². The number of carbonyl (C=O) groups is 1. The largest absolute Gasteiger partial charge is 0.481 e. The Morgan fingerprint density at radius 1 is 1.15 bits per heavy atom. The zero-order chi connectivity index (χ0) is 19.0. The van der Waals surface area contributed by atoms with Crippen molar-refractivity contribution in [3.05, 3.63) is 35.1 Å². The highest BCUT2D eigenvalue weighted by Crippen LogP contribution is 2.60. The van der Waals surface area contributed by atoms with E-state index < -0.39 is 23.5 Å². The lowest BCUT2D eigenvalue weighted by Crippen LogP contribution is -2.26. The summed E-state index contributed by atoms with van der Waals surface area (Å²) in [6, 6.07) is 2.50. The van der Waals surface area contributed by atoms with Crippen molar-refractivity contribution in [1.29, 1.82) is 0 Å². The fourth-order valence-corrected chi connectivity index (χ4v) is 4.56. The summed E-state index contributed by atoms with van der Waals surface area (Å²) in [6.07, 6.45) is 1.37. The highest BCUT2D eigenvalue weighted by molar-refractivity contribution is 5.66. The van der Waals surface area contributed by atoms with Gasteiger partial charge < -0.3 is 9.84 Å². The third-order valence-corrected chi connectivity index (χ3v) is 5.85. The van der Waals surface area contributed by atoms with Crippen LogP contribution in [0.4, 0.5) is 17.6 Å². The van der Waals surface area contributed by atoms with E-state index in [1.807, 2.05) is 0 Å². The second kappa shape index (κ2) is 6.83. The lowest BCUT2D eigenvalue weighted by Gasteiger charge is -2.28. The smallest absolute Gasteiger partial charge is 0.416 e. The summed E-state index contributed by atoms with van der Waals surface area (Å²) in [5.41, 5.74) is -1.10. The summed E-state index contributed by atoms with van der Waals surface area (Å²) in [5, 5.41) is 8.78. The van der Waals surface area contributed by atoms with Gasteiger partial charge in [0.15, 0.2) is 0 Å². The highest BCUT2D eigenvalue weighted by atomic mass is 19.4. The van der Waals surface area contributed by atoms with Gasteiger partial charge in [-0.3, -0.25) is 4.79 Å². The molecule has 3 nitrogen and oxygen atoms in total. The molecule has 0 saturated heterocycles. The minimum Gasteiger partial charge on any atom is -0.481 e. The molecular formula is C19H22F4O3. The van der Waals surface area contributed by atoms with Gasteiger partial charge in [-0.25, -0.2) is 4.39 Å². The third kappa shape index (κ3) is 4.19. The van der Waals surface area contributed by atoms with E-state index in [0.29, 0.717) is 12.5 Å². The molecule has 3 rings (SSSR count). The SMILES string of the molecule is O=C(O)CCCC12CCC(OCc3cc(F)cc(C(F)(F)F)c3)(CC1)C2. The highest BCUT2D eigenvalue weighted by Gasteiger charge is 2.54. The molecule has 26 heavy (non-hydrogen) atoms. The van der Waals surface area contributed by atoms with Gasteiger partial charge in [0.1, 0.15) is 5.82 Å². The Balaban J connectivity index is 1.61. The van der Waals surface area contributed by atoms with Crippen LogP contribution in [0.5, 0.6) is 0 Å². The minimum atomic E-state index is -4.59. The van der Waals surface area contributed by atoms with Crippen LogP contribution < -0.4 is 0 Å². The number of rotatable bonds is 7. The fourth-order valence-electron chi connectivity index (χ4n) is 4.56. The van der Waals surface area contributed by atoms with E-state index in [1.165, 1.54) is 0 Å². The number of fused-ring (bicyclic) bond motifs is 2. The molecule has 0 aliphatic heterocycles. The quantitative estimate of drug-likeness (QED) is 0.657. The molecule has 144 valence electrons. The van der Waals surface area contributed by atoms with Crippen LogP contribution in [0.1, 0.15) is 62.5 Å². The van der Waals surface area contributed by atoms with Crippen LogP contribution in [0.15, 0.2) is 18.2 Å². The van der Waals surface area contributed by atoms with Gasteiger partial charge in [0.2, 0.25) is 0 Å². The Labute approximate surface area is 149 Å². The standard InChI is InChI=1S/C19H22F4O3/c20-15-9-13(8-14(10-15)19(21,22)23)11-26-18-6-4-17(12-18,5-7-18)3-1-2-16(24)25/h8-10H,1-7,11-12H2,(H,24,25). The number of carboxylic acids is 1. The lowest BCUT2D eigenvalue weighted by atomic mass is 9.80. The number of halogens is 4. The van der Waals surface area contributed by atoms with E-state index in [9.17, 15) is 22.4 Å². The topological polar surface area (TPSA) is 46.5 Å². The molecule has 2 aliphatic rings. The van der Waals surface area contributed by atoms with E-state index in [4.69, 9.17) is 9.84 Å². The predicted molar refractivity (Wildman–Crippen MR) is 85.9 cm³/mol. The summed E-state index contributed by atoms with van der Waals surface area (Å²) in [5.74, 6) is -1.72. The summed E-state index contributed by atoms with van der Waals surface area (Å²) in [4.78, 5) is 10.7. The Morgan fingerprint density at radius 3 is 2.46 bits per heavy atom. The van der Waals surface area contributed by atoms with Gasteiger partial charge in [0.05, 0.1) is 17.8 Å². The molecule has 1 N–H and O–H groups in total. The predicted octanol–water partition coefficient (Wildman–Crippen LogP) is 5.32. The van der Waals surface area contributed by atoms with Crippen molar-refractivity contribution in [2.75, 3.05) is 0 Å². The number of hydrogen-bond acceptors (Lipinski definition) is 2. The molecule has 0 aromatic heterocycles. The number of aliphatic carboxylic acids is 1. The molecule has 0 atom stereocenters. The maximum Gasteiger partial charge on any atom is 0.416 e. The van der Waals surface area contributed by atoms with Gasteiger partial charge in [-0.15, -0.1) is 0 Å². The second-order valence-electron chi connectivity index (χ2n) is 7.74. The van der Waals surface area contributed by atoms with Crippen molar-refractivity contribution >= 4 is 5.97 Å². The molecule has 1 aromatic rings. The van der Waals surface area contributed by atoms with Crippen molar-refractivity contribution in [2.24, 2.45) is 5.41 Å². The Kier molecular flexibility index (Phi) is 5.03. The van der Waals surface area contributed by atoms with Crippen molar-refractivity contribution in [2.45, 2.75) is 69.8 Å². The first-order valence-electron chi connectivity index (χ1n) is 8.84. The van der Waals surface area contributed by atoms with Crippen LogP contribution >= 0.6 is 0 Å². The van der Waals surface area contributed by atoms with E-state index in [2.05, 4.69) is 0 Å². The summed E-state index contributed by atoms with van der Waals surface area (Å²) in [7, 11) is 0. The van der Waals surface area contributed by atoms with E-state index in [-0.39, 0.29) is 29.6 Å². The Morgan fingerprint density at radius 2 is 1.85 bits per heavy atom. The van der Waals surface area contributed by atoms with Gasteiger partial charge in [-0.2, -0.15) is 13.2 Å². The average molecular weight is 374 g/mol. The maximum atomic E-state index is 13.5. The molecule has 2 bridgehead atoms. The van der Waals surface area contributed by atoms with Gasteiger partial charge in [0, 0.05) is 6.42 Å². The first-order chi connectivity index (χ1) is 12.1. The molecule has 0 radical (unpaired) electrons. The summed E-state index contributed by atoms with van der Waals surface area (Å²) < 4.78 is 57.9. The van der Waals surface area contributed by atoms with Crippen LogP contribution in [0, 0.1) is 11.2 Å². The Bertz CT molecular complexity index is 676. The number of hydrogen-bond donors (Lipinski definition) is 1. The van der Waals surface area contributed by atoms with Gasteiger partial charge in [0.25, 0.3) is 0 Å². The van der Waals surface area contributed by atoms with Crippen molar-refractivity contribution in [1.82, 2.24) is 0 Å². The zero-order valence-electron chi connectivity index (χ0n) is 14.4.